The molecule has 2 bridgehead atoms. The van der Waals surface area contributed by atoms with E-state index in [1.54, 1.807) is 0 Å². The van der Waals surface area contributed by atoms with Crippen LogP contribution in [0.15, 0.2) is 34.8 Å². The van der Waals surface area contributed by atoms with Crippen LogP contribution in [-0.2, 0) is 6.42 Å². The Bertz CT molecular complexity index is 609. The van der Waals surface area contributed by atoms with Crippen LogP contribution < -0.4 is 0 Å². The molecule has 1 aliphatic rings. The molecule has 112 valence electrons. The zero-order chi connectivity index (χ0) is 15.6. The average molecular weight is 284 g/mol. The van der Waals surface area contributed by atoms with Gasteiger partial charge in [-0.1, -0.05) is 30.2 Å². The maximum Gasteiger partial charge on any atom is 0.128 e. The third-order valence-corrected chi connectivity index (χ3v) is 4.19. The third kappa shape index (κ3) is 3.49. The molecule has 1 aromatic heterocycles. The van der Waals surface area contributed by atoms with Gasteiger partial charge in [0.05, 0.1) is 5.92 Å². The highest BCUT2D eigenvalue weighted by atomic mass is 16.3. The third-order valence-electron chi connectivity index (χ3n) is 4.19. The number of rotatable bonds is 2. The van der Waals surface area contributed by atoms with Crippen molar-refractivity contribution in [3.8, 4) is 11.8 Å². The lowest BCUT2D eigenvalue weighted by Gasteiger charge is -2.17. The molecule has 0 aliphatic carbocycles. The van der Waals surface area contributed by atoms with Gasteiger partial charge in [0, 0.05) is 12.8 Å². The Kier molecular flexibility index (Phi) is 4.75. The van der Waals surface area contributed by atoms with Gasteiger partial charge in [0.15, 0.2) is 0 Å². The minimum absolute atomic E-state index is 0.258. The van der Waals surface area contributed by atoms with Crippen LogP contribution in [0.4, 0.5) is 0 Å². The van der Waals surface area contributed by atoms with Crippen molar-refractivity contribution in [2.45, 2.75) is 52.1 Å². The van der Waals surface area contributed by atoms with Crippen molar-refractivity contribution in [2.75, 3.05) is 0 Å². The molecule has 0 fully saturated rings. The molecule has 0 saturated carbocycles. The first kappa shape index (κ1) is 15.7. The van der Waals surface area contributed by atoms with Gasteiger partial charge in [-0.3, -0.25) is 0 Å². The second kappa shape index (κ2) is 6.37. The molecule has 2 heteroatoms. The van der Waals surface area contributed by atoms with E-state index >= 15 is 0 Å². The van der Waals surface area contributed by atoms with Gasteiger partial charge in [-0.15, -0.1) is 5.92 Å². The van der Waals surface area contributed by atoms with Crippen LogP contribution in [0.3, 0.4) is 0 Å². The van der Waals surface area contributed by atoms with E-state index in [1.807, 2.05) is 13.0 Å². The van der Waals surface area contributed by atoms with E-state index in [0.29, 0.717) is 5.92 Å². The maximum absolute atomic E-state index is 10.3. The fraction of sp³-hybridized carbons (Fsp3) is 0.474. The monoisotopic (exact) mass is 284 g/mol. The van der Waals surface area contributed by atoms with Crippen molar-refractivity contribution >= 4 is 0 Å². The molecule has 0 amide bonds. The SMILES string of the molecule is C=C(C)[C@H]1CCC#C[C@H](O)[C@H](C(=C)C)c2cc(C)c(o2)C1. The van der Waals surface area contributed by atoms with Crippen molar-refractivity contribution in [2.24, 2.45) is 5.92 Å². The molecule has 3 atom stereocenters. The minimum atomic E-state index is -0.762. The summed E-state index contributed by atoms with van der Waals surface area (Å²) in [5.74, 6) is 7.90. The predicted molar refractivity (Wildman–Crippen MR) is 86.0 cm³/mol. The summed E-state index contributed by atoms with van der Waals surface area (Å²) >= 11 is 0. The number of hydrogen-bond acceptors (Lipinski definition) is 2. The van der Waals surface area contributed by atoms with E-state index in [-0.39, 0.29) is 5.92 Å². The molecule has 0 saturated heterocycles. The topological polar surface area (TPSA) is 33.4 Å². The van der Waals surface area contributed by atoms with Gasteiger partial charge in [0.25, 0.3) is 0 Å². The summed E-state index contributed by atoms with van der Waals surface area (Å²) in [5.41, 5.74) is 3.15. The van der Waals surface area contributed by atoms with Gasteiger partial charge < -0.3 is 9.52 Å². The highest BCUT2D eigenvalue weighted by Crippen LogP contribution is 2.33. The van der Waals surface area contributed by atoms with Crippen LogP contribution in [0.25, 0.3) is 0 Å². The molecule has 0 aromatic carbocycles. The van der Waals surface area contributed by atoms with Gasteiger partial charge in [0.1, 0.15) is 17.6 Å². The molecule has 2 heterocycles. The first-order valence-electron chi connectivity index (χ1n) is 7.46. The molecule has 0 radical (unpaired) electrons. The highest BCUT2D eigenvalue weighted by molar-refractivity contribution is 5.31. The van der Waals surface area contributed by atoms with Crippen LogP contribution in [0.2, 0.25) is 0 Å². The molecule has 2 rings (SSSR count). The van der Waals surface area contributed by atoms with Crippen LogP contribution in [-0.4, -0.2) is 11.2 Å². The van der Waals surface area contributed by atoms with Crippen molar-refractivity contribution in [3.05, 3.63) is 47.5 Å². The molecular weight excluding hydrogens is 260 g/mol. The molecule has 2 nitrogen and oxygen atoms in total. The zero-order valence-electron chi connectivity index (χ0n) is 13.2. The van der Waals surface area contributed by atoms with Gasteiger partial charge in [-0.2, -0.15) is 0 Å². The standard InChI is InChI=1S/C19H24O2/c1-12(2)15-8-6-7-9-16(20)19(13(3)4)18-10-14(5)17(11-15)21-18/h10,15-16,19-20H,1,3,6,8,11H2,2,4-5H3/t15-,16-,19-/m0/s1. The fourth-order valence-electron chi connectivity index (χ4n) is 2.82. The summed E-state index contributed by atoms with van der Waals surface area (Å²) < 4.78 is 6.04. The highest BCUT2D eigenvalue weighted by Gasteiger charge is 2.26. The molecule has 1 N–H and O–H groups in total. The number of aliphatic hydroxyl groups excluding tert-OH is 1. The lowest BCUT2D eigenvalue weighted by Crippen LogP contribution is -2.17. The number of aliphatic hydroxyl groups is 1. The fourth-order valence-corrected chi connectivity index (χ4v) is 2.82. The molecule has 1 aliphatic heterocycles. The number of allylic oxidation sites excluding steroid dienone is 1. The van der Waals surface area contributed by atoms with E-state index in [9.17, 15) is 5.11 Å². The largest absolute Gasteiger partial charge is 0.465 e. The summed E-state index contributed by atoms with van der Waals surface area (Å²) in [5, 5.41) is 10.3. The van der Waals surface area contributed by atoms with Gasteiger partial charge in [-0.05, 0) is 44.7 Å². The van der Waals surface area contributed by atoms with Crippen molar-refractivity contribution in [1.29, 1.82) is 0 Å². The Morgan fingerprint density at radius 2 is 2.05 bits per heavy atom. The molecule has 0 spiro atoms. The normalized spacial score (nSPS) is 25.4. The van der Waals surface area contributed by atoms with E-state index in [2.05, 4.69) is 38.8 Å². The second-order valence-corrected chi connectivity index (χ2v) is 6.13. The predicted octanol–water partition coefficient (Wildman–Crippen LogP) is 4.14. The van der Waals surface area contributed by atoms with Crippen molar-refractivity contribution in [3.63, 3.8) is 0 Å². The summed E-state index contributed by atoms with van der Waals surface area (Å²) in [4.78, 5) is 0. The lowest BCUT2D eigenvalue weighted by atomic mass is 9.89. The van der Waals surface area contributed by atoms with Crippen LogP contribution in [0.5, 0.6) is 0 Å². The molecular formula is C19H24O2. The summed E-state index contributed by atoms with van der Waals surface area (Å²) in [6.45, 7) is 14.1. The van der Waals surface area contributed by atoms with E-state index < -0.39 is 6.10 Å². The van der Waals surface area contributed by atoms with Crippen molar-refractivity contribution in [1.82, 2.24) is 0 Å². The first-order valence-corrected chi connectivity index (χ1v) is 7.46. The summed E-state index contributed by atoms with van der Waals surface area (Å²) in [6.07, 6.45) is 1.80. The number of fused-ring (bicyclic) bond motifs is 2. The average Bonchev–Trinajstić information content (AvgIpc) is 2.70. The quantitative estimate of drug-likeness (QED) is 0.654. The van der Waals surface area contributed by atoms with Crippen LogP contribution in [0.1, 0.15) is 49.7 Å². The minimum Gasteiger partial charge on any atom is -0.465 e. The molecule has 21 heavy (non-hydrogen) atoms. The zero-order valence-corrected chi connectivity index (χ0v) is 13.2. The Hall–Kier alpha value is -1.72. The van der Waals surface area contributed by atoms with Gasteiger partial charge in [-0.25, -0.2) is 0 Å². The smallest absolute Gasteiger partial charge is 0.128 e. The summed E-state index contributed by atoms with van der Waals surface area (Å²) in [6, 6.07) is 2.01. The Balaban J connectivity index is 2.46. The molecule has 0 unspecified atom stereocenters. The Morgan fingerprint density at radius 3 is 2.67 bits per heavy atom. The number of hydrogen-bond donors (Lipinski definition) is 1. The van der Waals surface area contributed by atoms with Crippen LogP contribution >= 0.6 is 0 Å². The number of aryl methyl sites for hydroxylation is 1. The summed E-state index contributed by atoms with van der Waals surface area (Å²) in [7, 11) is 0. The first-order chi connectivity index (χ1) is 9.90. The van der Waals surface area contributed by atoms with Crippen LogP contribution in [0, 0.1) is 24.7 Å². The number of furan rings is 1. The lowest BCUT2D eigenvalue weighted by molar-refractivity contribution is 0.200. The van der Waals surface area contributed by atoms with E-state index in [0.717, 1.165) is 47.5 Å². The van der Waals surface area contributed by atoms with Gasteiger partial charge in [0.2, 0.25) is 0 Å². The Labute approximate surface area is 127 Å². The van der Waals surface area contributed by atoms with Gasteiger partial charge >= 0.3 is 0 Å². The van der Waals surface area contributed by atoms with E-state index in [4.69, 9.17) is 4.42 Å². The second-order valence-electron chi connectivity index (χ2n) is 6.13. The maximum atomic E-state index is 10.3. The van der Waals surface area contributed by atoms with Crippen molar-refractivity contribution < 1.29 is 9.52 Å². The Morgan fingerprint density at radius 1 is 1.33 bits per heavy atom. The van der Waals surface area contributed by atoms with E-state index in [1.165, 1.54) is 0 Å². The molecule has 1 aromatic rings.